The van der Waals surface area contributed by atoms with E-state index in [0.29, 0.717) is 11.9 Å². The molecule has 2 saturated heterocycles. The molecule has 0 aromatic rings. The summed E-state index contributed by atoms with van der Waals surface area (Å²) in [7, 11) is 0. The van der Waals surface area contributed by atoms with Gasteiger partial charge in [-0.15, -0.1) is 11.8 Å². The van der Waals surface area contributed by atoms with Crippen LogP contribution in [0.15, 0.2) is 0 Å². The van der Waals surface area contributed by atoms with Crippen molar-refractivity contribution in [1.29, 1.82) is 0 Å². The quantitative estimate of drug-likeness (QED) is 0.833. The van der Waals surface area contributed by atoms with Crippen molar-refractivity contribution < 1.29 is 4.79 Å². The second kappa shape index (κ2) is 5.83. The summed E-state index contributed by atoms with van der Waals surface area (Å²) in [5.74, 6) is 3.08. The molecule has 18 heavy (non-hydrogen) atoms. The molecule has 2 aliphatic heterocycles. The third kappa shape index (κ3) is 2.55. The smallest absolute Gasteiger partial charge is 0.240 e. The Balaban J connectivity index is 1.64. The summed E-state index contributed by atoms with van der Waals surface area (Å²) in [4.78, 5) is 14.8. The zero-order valence-electron chi connectivity index (χ0n) is 11.1. The molecule has 1 N–H and O–H groups in total. The van der Waals surface area contributed by atoms with E-state index in [1.165, 1.54) is 44.9 Å². The maximum atomic E-state index is 12.6. The second-order valence-electron chi connectivity index (χ2n) is 5.91. The SMILES string of the molecule is O=C(C1CSCN1)N1CCCC1C1CCCCC1. The number of hydrogen-bond donors (Lipinski definition) is 1. The minimum Gasteiger partial charge on any atom is -0.338 e. The number of carbonyl (C=O) groups is 1. The first-order valence-corrected chi connectivity index (χ1v) is 8.63. The molecule has 2 heterocycles. The number of hydrogen-bond acceptors (Lipinski definition) is 3. The number of likely N-dealkylation sites (tertiary alicyclic amines) is 1. The molecule has 0 radical (unpaired) electrons. The molecule has 102 valence electrons. The Morgan fingerprint density at radius 1 is 1.11 bits per heavy atom. The number of nitrogens with zero attached hydrogens (tertiary/aromatic N) is 1. The van der Waals surface area contributed by atoms with Gasteiger partial charge in [-0.2, -0.15) is 0 Å². The molecule has 3 fully saturated rings. The van der Waals surface area contributed by atoms with E-state index < -0.39 is 0 Å². The van der Waals surface area contributed by atoms with Crippen LogP contribution in [0.5, 0.6) is 0 Å². The second-order valence-corrected chi connectivity index (χ2v) is 6.94. The number of amides is 1. The first-order valence-electron chi connectivity index (χ1n) is 7.48. The fourth-order valence-corrected chi connectivity index (χ4v) is 4.76. The summed E-state index contributed by atoms with van der Waals surface area (Å²) in [6.07, 6.45) is 9.31. The van der Waals surface area contributed by atoms with Gasteiger partial charge in [-0.3, -0.25) is 10.1 Å². The van der Waals surface area contributed by atoms with Gasteiger partial charge in [0.1, 0.15) is 0 Å². The summed E-state index contributed by atoms with van der Waals surface area (Å²) < 4.78 is 0. The van der Waals surface area contributed by atoms with Gasteiger partial charge < -0.3 is 4.90 Å². The maximum Gasteiger partial charge on any atom is 0.240 e. The topological polar surface area (TPSA) is 32.3 Å². The summed E-state index contributed by atoms with van der Waals surface area (Å²) >= 11 is 1.85. The standard InChI is InChI=1S/C14H24N2OS/c17-14(12-9-18-10-15-12)16-8-4-7-13(16)11-5-2-1-3-6-11/h11-13,15H,1-10H2. The van der Waals surface area contributed by atoms with Gasteiger partial charge in [0.25, 0.3) is 0 Å². The fourth-order valence-electron chi connectivity index (χ4n) is 3.83. The van der Waals surface area contributed by atoms with E-state index >= 15 is 0 Å². The zero-order valence-corrected chi connectivity index (χ0v) is 11.9. The van der Waals surface area contributed by atoms with Gasteiger partial charge in [0, 0.05) is 24.2 Å². The van der Waals surface area contributed by atoms with Crippen LogP contribution < -0.4 is 5.32 Å². The Morgan fingerprint density at radius 3 is 2.67 bits per heavy atom. The van der Waals surface area contributed by atoms with E-state index in [4.69, 9.17) is 0 Å². The predicted molar refractivity (Wildman–Crippen MR) is 75.6 cm³/mol. The Labute approximate surface area is 114 Å². The van der Waals surface area contributed by atoms with Gasteiger partial charge in [0.05, 0.1) is 6.04 Å². The molecule has 0 aromatic heterocycles. The van der Waals surface area contributed by atoms with Gasteiger partial charge in [-0.25, -0.2) is 0 Å². The Hall–Kier alpha value is -0.220. The number of thioether (sulfide) groups is 1. The van der Waals surface area contributed by atoms with Crippen LogP contribution in [0.4, 0.5) is 0 Å². The lowest BCUT2D eigenvalue weighted by Crippen LogP contribution is -2.49. The minimum absolute atomic E-state index is 0.0965. The van der Waals surface area contributed by atoms with Crippen LogP contribution in [0.2, 0.25) is 0 Å². The van der Waals surface area contributed by atoms with Crippen molar-refractivity contribution in [3.8, 4) is 0 Å². The Kier molecular flexibility index (Phi) is 4.14. The lowest BCUT2D eigenvalue weighted by atomic mass is 9.83. The summed E-state index contributed by atoms with van der Waals surface area (Å²) in [6.45, 7) is 1.00. The molecular weight excluding hydrogens is 244 g/mol. The molecule has 0 bridgehead atoms. The highest BCUT2D eigenvalue weighted by Crippen LogP contribution is 2.34. The van der Waals surface area contributed by atoms with Crippen LogP contribution in [0.3, 0.4) is 0 Å². The molecule has 2 atom stereocenters. The van der Waals surface area contributed by atoms with Crippen molar-refractivity contribution in [2.45, 2.75) is 57.0 Å². The molecule has 3 nitrogen and oxygen atoms in total. The van der Waals surface area contributed by atoms with Crippen LogP contribution >= 0.6 is 11.8 Å². The van der Waals surface area contributed by atoms with Crippen LogP contribution in [-0.4, -0.2) is 41.1 Å². The van der Waals surface area contributed by atoms with E-state index in [9.17, 15) is 4.79 Å². The number of nitrogens with one attached hydrogen (secondary N) is 1. The average Bonchev–Trinajstić information content (AvgIpc) is 3.10. The third-order valence-electron chi connectivity index (χ3n) is 4.79. The lowest BCUT2D eigenvalue weighted by Gasteiger charge is -2.35. The largest absolute Gasteiger partial charge is 0.338 e. The van der Waals surface area contributed by atoms with Crippen LogP contribution in [0, 0.1) is 5.92 Å². The van der Waals surface area contributed by atoms with Crippen molar-refractivity contribution in [2.24, 2.45) is 5.92 Å². The predicted octanol–water partition coefficient (Wildman–Crippen LogP) is 2.22. The maximum absolute atomic E-state index is 12.6. The van der Waals surface area contributed by atoms with E-state index in [1.54, 1.807) is 0 Å². The molecule has 1 aliphatic carbocycles. The van der Waals surface area contributed by atoms with Gasteiger partial charge in [-0.1, -0.05) is 19.3 Å². The third-order valence-corrected chi connectivity index (χ3v) is 5.73. The molecule has 3 rings (SSSR count). The van der Waals surface area contributed by atoms with Crippen LogP contribution in [0.1, 0.15) is 44.9 Å². The molecular formula is C14H24N2OS. The first-order chi connectivity index (χ1) is 8.86. The molecule has 2 unspecified atom stereocenters. The van der Waals surface area contributed by atoms with E-state index in [0.717, 1.165) is 24.1 Å². The summed E-state index contributed by atoms with van der Waals surface area (Å²) in [6, 6.07) is 0.657. The normalized spacial score (nSPS) is 34.1. The van der Waals surface area contributed by atoms with Gasteiger partial charge in [0.15, 0.2) is 0 Å². The van der Waals surface area contributed by atoms with Crippen molar-refractivity contribution in [3.05, 3.63) is 0 Å². The molecule has 4 heteroatoms. The van der Waals surface area contributed by atoms with E-state index in [2.05, 4.69) is 10.2 Å². The highest BCUT2D eigenvalue weighted by Gasteiger charge is 2.38. The van der Waals surface area contributed by atoms with E-state index in [-0.39, 0.29) is 6.04 Å². The average molecular weight is 268 g/mol. The Bertz CT molecular complexity index is 298. The van der Waals surface area contributed by atoms with Crippen molar-refractivity contribution in [1.82, 2.24) is 10.2 Å². The molecule has 0 aromatic carbocycles. The zero-order chi connectivity index (χ0) is 12.4. The van der Waals surface area contributed by atoms with Crippen LogP contribution in [-0.2, 0) is 4.79 Å². The van der Waals surface area contributed by atoms with Crippen LogP contribution in [0.25, 0.3) is 0 Å². The minimum atomic E-state index is 0.0965. The molecule has 3 aliphatic rings. The molecule has 1 saturated carbocycles. The van der Waals surface area contributed by atoms with Gasteiger partial charge in [0.2, 0.25) is 5.91 Å². The molecule has 1 amide bonds. The van der Waals surface area contributed by atoms with Crippen molar-refractivity contribution in [2.75, 3.05) is 18.2 Å². The highest BCUT2D eigenvalue weighted by molar-refractivity contribution is 7.99. The summed E-state index contributed by atoms with van der Waals surface area (Å²) in [5.41, 5.74) is 0. The number of rotatable bonds is 2. The van der Waals surface area contributed by atoms with Gasteiger partial charge >= 0.3 is 0 Å². The summed E-state index contributed by atoms with van der Waals surface area (Å²) in [5, 5.41) is 3.33. The lowest BCUT2D eigenvalue weighted by molar-refractivity contribution is -0.134. The molecule has 0 spiro atoms. The fraction of sp³-hybridized carbons (Fsp3) is 0.929. The van der Waals surface area contributed by atoms with E-state index in [1.807, 2.05) is 11.8 Å². The first kappa shape index (κ1) is 12.8. The van der Waals surface area contributed by atoms with Gasteiger partial charge in [-0.05, 0) is 31.6 Å². The number of carbonyl (C=O) groups excluding carboxylic acids is 1. The monoisotopic (exact) mass is 268 g/mol. The van der Waals surface area contributed by atoms with Crippen molar-refractivity contribution >= 4 is 17.7 Å². The van der Waals surface area contributed by atoms with Crippen molar-refractivity contribution in [3.63, 3.8) is 0 Å². The highest BCUT2D eigenvalue weighted by atomic mass is 32.2. The Morgan fingerprint density at radius 2 is 1.94 bits per heavy atom.